The van der Waals surface area contributed by atoms with Crippen molar-refractivity contribution >= 4 is 5.91 Å². The van der Waals surface area contributed by atoms with E-state index in [1.807, 2.05) is 53.2 Å². The van der Waals surface area contributed by atoms with Gasteiger partial charge in [-0.05, 0) is 7.05 Å². The zero-order valence-electron chi connectivity index (χ0n) is 7.48. The van der Waals surface area contributed by atoms with Crippen LogP contribution in [0.3, 0.4) is 0 Å². The first-order valence-electron chi connectivity index (χ1n) is 4.07. The van der Waals surface area contributed by atoms with Gasteiger partial charge in [0.1, 0.15) is 0 Å². The number of amides is 1. The monoisotopic (exact) mass is 289 g/mol. The molecule has 1 radical (unpaired) electrons. The summed E-state index contributed by atoms with van der Waals surface area (Å²) in [5.74, 6) is 0.171. The van der Waals surface area contributed by atoms with E-state index in [0.29, 0.717) is 0 Å². The average molecular weight is 289 g/mol. The maximum atomic E-state index is 11.7. The first-order valence-corrected chi connectivity index (χ1v) is 5.04. The van der Waals surface area contributed by atoms with Crippen LogP contribution in [-0.2, 0) is 4.79 Å². The maximum Gasteiger partial charge on any atom is 0.206 e. The minimum atomic E-state index is -0.0793. The van der Waals surface area contributed by atoms with Gasteiger partial charge in [0.15, 0.2) is 0 Å². The second kappa shape index (κ2) is 4.60. The zero-order chi connectivity index (χ0) is 9.84. The van der Waals surface area contributed by atoms with E-state index in [1.165, 1.54) is 0 Å². The fourth-order valence-electron chi connectivity index (χ4n) is 1.30. The highest BCUT2D eigenvalue weighted by molar-refractivity contribution is 5.80. The molecule has 0 N–H and O–H groups in total. The lowest BCUT2D eigenvalue weighted by Crippen LogP contribution is -3.41. The van der Waals surface area contributed by atoms with Gasteiger partial charge in [-0.15, -0.1) is 6.58 Å². The van der Waals surface area contributed by atoms with E-state index in [9.17, 15) is 4.79 Å². The van der Waals surface area contributed by atoms with Gasteiger partial charge in [0.05, 0.1) is 5.92 Å². The lowest BCUT2D eigenvalue weighted by atomic mass is 9.88. The molecular weight excluding hydrogens is 277 g/mol. The number of hydrogen-bond acceptors (Lipinski definition) is 1. The maximum absolute atomic E-state index is 11.7. The Morgan fingerprint density at radius 2 is 2.15 bits per heavy atom. The number of nitrogens with zero attached hydrogens (tertiary/aromatic N) is 1. The molecule has 1 amide bonds. The Morgan fingerprint density at radius 1 is 1.54 bits per heavy atom. The molecule has 0 fully saturated rings. The third-order valence-electron chi connectivity index (χ3n) is 2.04. The number of allylic oxidation sites excluding steroid dienone is 4. The van der Waals surface area contributed by atoms with Crippen LogP contribution in [0.25, 0.3) is 0 Å². The molecule has 0 aliphatic heterocycles. The highest BCUT2D eigenvalue weighted by atomic mass is 127. The summed E-state index contributed by atoms with van der Waals surface area (Å²) >= 11 is 1.99. The van der Waals surface area contributed by atoms with Crippen LogP contribution in [0.15, 0.2) is 37.0 Å². The summed E-state index contributed by atoms with van der Waals surface area (Å²) in [6.45, 7) is 3.72. The Kier molecular flexibility index (Phi) is 3.71. The molecule has 2 atom stereocenters. The molecule has 2 unspecified atom stereocenters. The van der Waals surface area contributed by atoms with Gasteiger partial charge in [0, 0.05) is 5.92 Å². The van der Waals surface area contributed by atoms with E-state index in [-0.39, 0.29) is 17.7 Å². The van der Waals surface area contributed by atoms with Crippen LogP contribution in [0.2, 0.25) is 0 Å². The molecule has 0 aromatic carbocycles. The van der Waals surface area contributed by atoms with E-state index >= 15 is 0 Å². The average Bonchev–Trinajstić information content (AvgIpc) is 2.16. The highest BCUT2D eigenvalue weighted by Crippen LogP contribution is 2.21. The van der Waals surface area contributed by atoms with Gasteiger partial charge < -0.3 is 26.0 Å². The van der Waals surface area contributed by atoms with Crippen LogP contribution in [0.4, 0.5) is 0 Å². The van der Waals surface area contributed by atoms with Crippen molar-refractivity contribution in [3.8, 4) is 0 Å². The quantitative estimate of drug-likeness (QED) is 0.343. The molecule has 71 valence electrons. The van der Waals surface area contributed by atoms with Gasteiger partial charge in [-0.25, -0.2) is 0 Å². The standard InChI is InChI=1S/C10H12INO/c1-3-8-6-4-5-7-9(8)10(13)12(2)11/h3-9H,1H2,2H3/q-1. The van der Waals surface area contributed by atoms with Crippen LogP contribution in [0.5, 0.6) is 0 Å². The Labute approximate surface area is 92.5 Å². The van der Waals surface area contributed by atoms with E-state index in [4.69, 9.17) is 0 Å². The van der Waals surface area contributed by atoms with Gasteiger partial charge in [-0.3, -0.25) is 4.79 Å². The molecule has 3 heteroatoms. The molecule has 0 aromatic heterocycles. The van der Waals surface area contributed by atoms with Crippen molar-refractivity contribution in [3.05, 3.63) is 37.0 Å². The van der Waals surface area contributed by atoms with Crippen molar-refractivity contribution in [2.45, 2.75) is 0 Å². The fourth-order valence-corrected chi connectivity index (χ4v) is 1.62. The summed E-state index contributed by atoms with van der Waals surface area (Å²) in [5, 5.41) is 0. The summed E-state index contributed by atoms with van der Waals surface area (Å²) in [4.78, 5) is 11.7. The van der Waals surface area contributed by atoms with Gasteiger partial charge in [0.25, 0.3) is 0 Å². The van der Waals surface area contributed by atoms with Crippen molar-refractivity contribution in [3.63, 3.8) is 0 Å². The molecule has 0 spiro atoms. The summed E-state index contributed by atoms with van der Waals surface area (Å²) in [5.41, 5.74) is 0. The van der Waals surface area contributed by atoms with Crippen LogP contribution >= 0.6 is 0 Å². The topological polar surface area (TPSA) is 20.3 Å². The summed E-state index contributed by atoms with van der Waals surface area (Å²) in [6, 6.07) is 0. The molecule has 1 rings (SSSR count). The highest BCUT2D eigenvalue weighted by Gasteiger charge is 2.22. The molecule has 0 bridgehead atoms. The van der Waals surface area contributed by atoms with Gasteiger partial charge in [-0.2, -0.15) is 0 Å². The molecule has 13 heavy (non-hydrogen) atoms. The number of rotatable bonds is 2. The second-order valence-corrected chi connectivity index (χ2v) is 4.37. The lowest BCUT2D eigenvalue weighted by Gasteiger charge is -2.30. The van der Waals surface area contributed by atoms with E-state index in [2.05, 4.69) is 6.58 Å². The van der Waals surface area contributed by atoms with Gasteiger partial charge in [-0.1, -0.05) is 30.4 Å². The van der Waals surface area contributed by atoms with Crippen LogP contribution in [-0.4, -0.2) is 16.1 Å². The SMILES string of the molecule is C=CC1C=CC=CC1C(=O)N(C)[I-]. The minimum absolute atomic E-state index is 0.0793. The Bertz CT molecular complexity index is 268. The Balaban J connectivity index is 2.78. The molecule has 0 heterocycles. The summed E-state index contributed by atoms with van der Waals surface area (Å²) < 4.78 is 1.59. The van der Waals surface area contributed by atoms with Crippen molar-refractivity contribution in [2.75, 3.05) is 7.05 Å². The van der Waals surface area contributed by atoms with Crippen molar-refractivity contribution < 1.29 is 27.7 Å². The molecule has 2 nitrogen and oxygen atoms in total. The van der Waals surface area contributed by atoms with Gasteiger partial charge in [0.2, 0.25) is 5.91 Å². The zero-order valence-corrected chi connectivity index (χ0v) is 9.64. The minimum Gasteiger partial charge on any atom is -0.659 e. The van der Waals surface area contributed by atoms with Crippen molar-refractivity contribution in [2.24, 2.45) is 11.8 Å². The third kappa shape index (κ3) is 2.43. The number of carbonyl (C=O) groups excluding carboxylic acids is 1. The van der Waals surface area contributed by atoms with E-state index in [1.54, 1.807) is 10.2 Å². The van der Waals surface area contributed by atoms with E-state index in [0.717, 1.165) is 0 Å². The van der Waals surface area contributed by atoms with Crippen molar-refractivity contribution in [1.29, 1.82) is 0 Å². The first-order chi connectivity index (χ1) is 6.16. The molecule has 0 saturated carbocycles. The molecule has 1 aliphatic carbocycles. The second-order valence-electron chi connectivity index (χ2n) is 2.92. The Hall–Kier alpha value is -0.580. The van der Waals surface area contributed by atoms with E-state index < -0.39 is 0 Å². The third-order valence-corrected chi connectivity index (χ3v) is 2.51. The van der Waals surface area contributed by atoms with Crippen LogP contribution < -0.4 is 22.9 Å². The first kappa shape index (κ1) is 10.5. The summed E-state index contributed by atoms with van der Waals surface area (Å²) in [7, 11) is 1.76. The number of halogens is 1. The molecule has 0 saturated heterocycles. The molecule has 1 aliphatic rings. The predicted molar refractivity (Wildman–Crippen MR) is 48.2 cm³/mol. The van der Waals surface area contributed by atoms with Crippen LogP contribution in [0.1, 0.15) is 0 Å². The largest absolute Gasteiger partial charge is 0.659 e. The van der Waals surface area contributed by atoms with Crippen molar-refractivity contribution in [1.82, 2.24) is 3.11 Å². The fraction of sp³-hybridized carbons (Fsp3) is 0.300. The number of hydrogen-bond donors (Lipinski definition) is 0. The molecule has 0 aromatic rings. The number of carbonyl (C=O) groups is 1. The Morgan fingerprint density at radius 3 is 2.69 bits per heavy atom. The predicted octanol–water partition coefficient (Wildman–Crippen LogP) is -1.54. The van der Waals surface area contributed by atoms with Crippen LogP contribution in [0, 0.1) is 11.8 Å². The molecular formula is C10H12INO-. The smallest absolute Gasteiger partial charge is 0.206 e. The summed E-state index contributed by atoms with van der Waals surface area (Å²) in [6.07, 6.45) is 9.58. The lowest BCUT2D eigenvalue weighted by molar-refractivity contribution is -0.543. The normalized spacial score (nSPS) is 25.7. The van der Waals surface area contributed by atoms with Gasteiger partial charge >= 0.3 is 0 Å².